The number of aryl methyl sites for hydroxylation is 1. The molecule has 0 aliphatic carbocycles. The van der Waals surface area contributed by atoms with Crippen molar-refractivity contribution >= 4 is 11.6 Å². The molecule has 2 rings (SSSR count). The van der Waals surface area contributed by atoms with Gasteiger partial charge in [-0.2, -0.15) is 0 Å². The van der Waals surface area contributed by atoms with E-state index in [0.717, 1.165) is 24.5 Å². The summed E-state index contributed by atoms with van der Waals surface area (Å²) in [5.74, 6) is 1.98. The molecular weight excluding hydrogens is 284 g/mol. The van der Waals surface area contributed by atoms with Gasteiger partial charge in [0, 0.05) is 23.3 Å². The number of nitrogens with one attached hydrogen (secondary N) is 1. The number of ether oxygens (including phenoxy) is 1. The zero-order chi connectivity index (χ0) is 15.2. The number of hydrogen-bond acceptors (Lipinski definition) is 3. The Bertz CT molecular complexity index is 582. The van der Waals surface area contributed by atoms with E-state index in [9.17, 15) is 0 Å². The lowest BCUT2D eigenvalue weighted by Gasteiger charge is -2.11. The first-order valence-corrected chi connectivity index (χ1v) is 7.53. The van der Waals surface area contributed by atoms with Crippen LogP contribution in [0.3, 0.4) is 0 Å². The molecule has 0 aliphatic rings. The van der Waals surface area contributed by atoms with Crippen LogP contribution in [0, 0.1) is 12.8 Å². The van der Waals surface area contributed by atoms with Crippen molar-refractivity contribution in [1.29, 1.82) is 0 Å². The average Bonchev–Trinajstić information content (AvgIpc) is 2.43. The summed E-state index contributed by atoms with van der Waals surface area (Å²) in [7, 11) is 0. The Balaban J connectivity index is 1.99. The van der Waals surface area contributed by atoms with Crippen molar-refractivity contribution in [3.8, 4) is 11.6 Å². The number of aromatic nitrogens is 1. The minimum Gasteiger partial charge on any atom is -0.439 e. The highest BCUT2D eigenvalue weighted by molar-refractivity contribution is 6.30. The van der Waals surface area contributed by atoms with E-state index in [-0.39, 0.29) is 0 Å². The van der Waals surface area contributed by atoms with Crippen LogP contribution in [0.4, 0.5) is 0 Å². The van der Waals surface area contributed by atoms with Crippen LogP contribution in [0.2, 0.25) is 5.02 Å². The fourth-order valence-electron chi connectivity index (χ4n) is 1.93. The molecule has 0 amide bonds. The third kappa shape index (κ3) is 5.03. The molecular formula is C17H21ClN2O. The molecule has 0 aliphatic heterocycles. The minimum absolute atomic E-state index is 0.599. The van der Waals surface area contributed by atoms with E-state index in [2.05, 4.69) is 30.2 Å². The van der Waals surface area contributed by atoms with Gasteiger partial charge in [-0.05, 0) is 49.2 Å². The molecule has 0 saturated heterocycles. The Morgan fingerprint density at radius 2 is 1.86 bits per heavy atom. The van der Waals surface area contributed by atoms with Crippen molar-refractivity contribution in [3.05, 3.63) is 52.7 Å². The van der Waals surface area contributed by atoms with Crippen LogP contribution in [-0.2, 0) is 6.54 Å². The Morgan fingerprint density at radius 3 is 2.48 bits per heavy atom. The number of nitrogens with zero attached hydrogens (tertiary/aromatic N) is 1. The molecule has 112 valence electrons. The van der Waals surface area contributed by atoms with E-state index in [1.807, 2.05) is 25.1 Å². The van der Waals surface area contributed by atoms with Gasteiger partial charge in [0.05, 0.1) is 0 Å². The summed E-state index contributed by atoms with van der Waals surface area (Å²) < 4.78 is 5.72. The van der Waals surface area contributed by atoms with E-state index in [4.69, 9.17) is 16.3 Å². The molecule has 0 radical (unpaired) electrons. The summed E-state index contributed by atoms with van der Waals surface area (Å²) in [6.07, 6.45) is 0. The van der Waals surface area contributed by atoms with Crippen LogP contribution in [0.5, 0.6) is 11.6 Å². The number of rotatable bonds is 6. The summed E-state index contributed by atoms with van der Waals surface area (Å²) in [5, 5.41) is 4.11. The van der Waals surface area contributed by atoms with E-state index < -0.39 is 0 Å². The van der Waals surface area contributed by atoms with Crippen molar-refractivity contribution in [1.82, 2.24) is 10.3 Å². The molecule has 1 heterocycles. The van der Waals surface area contributed by atoms with Crippen molar-refractivity contribution in [2.45, 2.75) is 27.3 Å². The molecule has 2 aromatic rings. The number of benzene rings is 1. The molecule has 1 aromatic carbocycles. The van der Waals surface area contributed by atoms with Crippen LogP contribution >= 0.6 is 11.6 Å². The quantitative estimate of drug-likeness (QED) is 0.848. The Kier molecular flexibility index (Phi) is 5.59. The maximum atomic E-state index is 5.85. The van der Waals surface area contributed by atoms with Gasteiger partial charge < -0.3 is 10.1 Å². The largest absolute Gasteiger partial charge is 0.439 e. The lowest BCUT2D eigenvalue weighted by molar-refractivity contribution is 0.460. The maximum Gasteiger partial charge on any atom is 0.219 e. The molecule has 0 unspecified atom stereocenters. The molecule has 1 aromatic heterocycles. The van der Waals surface area contributed by atoms with Gasteiger partial charge in [-0.15, -0.1) is 0 Å². The fourth-order valence-corrected chi connectivity index (χ4v) is 2.06. The van der Waals surface area contributed by atoms with Gasteiger partial charge in [0.2, 0.25) is 5.88 Å². The molecule has 0 spiro atoms. The van der Waals surface area contributed by atoms with Gasteiger partial charge >= 0.3 is 0 Å². The normalized spacial score (nSPS) is 10.9. The molecule has 4 heteroatoms. The smallest absolute Gasteiger partial charge is 0.219 e. The van der Waals surface area contributed by atoms with Crippen LogP contribution in [-0.4, -0.2) is 11.5 Å². The molecule has 0 fully saturated rings. The van der Waals surface area contributed by atoms with Gasteiger partial charge in [0.25, 0.3) is 0 Å². The molecule has 0 saturated carbocycles. The predicted molar refractivity (Wildman–Crippen MR) is 87.0 cm³/mol. The van der Waals surface area contributed by atoms with Crippen LogP contribution < -0.4 is 10.1 Å². The van der Waals surface area contributed by atoms with Crippen molar-refractivity contribution < 1.29 is 4.74 Å². The topological polar surface area (TPSA) is 34.1 Å². The first kappa shape index (κ1) is 15.8. The molecule has 21 heavy (non-hydrogen) atoms. The van der Waals surface area contributed by atoms with Crippen molar-refractivity contribution in [2.75, 3.05) is 6.54 Å². The third-order valence-corrected chi connectivity index (χ3v) is 3.33. The van der Waals surface area contributed by atoms with Gasteiger partial charge in [-0.25, -0.2) is 4.98 Å². The molecule has 0 atom stereocenters. The zero-order valence-corrected chi connectivity index (χ0v) is 13.4. The van der Waals surface area contributed by atoms with Crippen LogP contribution in [0.1, 0.15) is 25.1 Å². The zero-order valence-electron chi connectivity index (χ0n) is 12.7. The Hall–Kier alpha value is -1.58. The lowest BCUT2D eigenvalue weighted by atomic mass is 10.2. The summed E-state index contributed by atoms with van der Waals surface area (Å²) in [5.41, 5.74) is 2.18. The first-order chi connectivity index (χ1) is 10.0. The van der Waals surface area contributed by atoms with E-state index in [1.165, 1.54) is 5.56 Å². The second-order valence-corrected chi connectivity index (χ2v) is 5.91. The van der Waals surface area contributed by atoms with Gasteiger partial charge in [0.15, 0.2) is 0 Å². The Labute approximate surface area is 131 Å². The van der Waals surface area contributed by atoms with Crippen molar-refractivity contribution in [2.24, 2.45) is 5.92 Å². The van der Waals surface area contributed by atoms with Crippen LogP contribution in [0.15, 0.2) is 36.4 Å². The highest BCUT2D eigenvalue weighted by Crippen LogP contribution is 2.22. The molecule has 1 N–H and O–H groups in total. The highest BCUT2D eigenvalue weighted by Gasteiger charge is 2.04. The predicted octanol–water partition coefficient (Wildman–Crippen LogP) is 4.58. The van der Waals surface area contributed by atoms with E-state index >= 15 is 0 Å². The number of hydrogen-bond donors (Lipinski definition) is 1. The second kappa shape index (κ2) is 7.43. The maximum absolute atomic E-state index is 5.85. The second-order valence-electron chi connectivity index (χ2n) is 5.47. The summed E-state index contributed by atoms with van der Waals surface area (Å²) in [6, 6.07) is 11.2. The Morgan fingerprint density at radius 1 is 1.14 bits per heavy atom. The molecule has 0 bridgehead atoms. The highest BCUT2D eigenvalue weighted by atomic mass is 35.5. The monoisotopic (exact) mass is 304 g/mol. The standard InChI is InChI=1S/C17H21ClN2O/c1-12(2)10-19-11-14-4-9-17(20-13(14)3)21-16-7-5-15(18)6-8-16/h4-9,12,19H,10-11H2,1-3H3. The fraction of sp³-hybridized carbons (Fsp3) is 0.353. The van der Waals surface area contributed by atoms with E-state index in [1.54, 1.807) is 12.1 Å². The number of halogens is 1. The third-order valence-electron chi connectivity index (χ3n) is 3.07. The summed E-state index contributed by atoms with van der Waals surface area (Å²) >= 11 is 5.85. The average molecular weight is 305 g/mol. The first-order valence-electron chi connectivity index (χ1n) is 7.15. The minimum atomic E-state index is 0.599. The number of pyridine rings is 1. The van der Waals surface area contributed by atoms with Gasteiger partial charge in [-0.3, -0.25) is 0 Å². The lowest BCUT2D eigenvalue weighted by Crippen LogP contribution is -2.19. The van der Waals surface area contributed by atoms with Gasteiger partial charge in [0.1, 0.15) is 5.75 Å². The summed E-state index contributed by atoms with van der Waals surface area (Å²) in [6.45, 7) is 8.23. The summed E-state index contributed by atoms with van der Waals surface area (Å²) in [4.78, 5) is 4.49. The van der Waals surface area contributed by atoms with E-state index in [0.29, 0.717) is 16.8 Å². The SMILES string of the molecule is Cc1nc(Oc2ccc(Cl)cc2)ccc1CNCC(C)C. The van der Waals surface area contributed by atoms with Crippen molar-refractivity contribution in [3.63, 3.8) is 0 Å². The van der Waals surface area contributed by atoms with Gasteiger partial charge in [-0.1, -0.05) is 31.5 Å². The van der Waals surface area contributed by atoms with Crippen LogP contribution in [0.25, 0.3) is 0 Å². The molecule has 3 nitrogen and oxygen atoms in total.